The van der Waals surface area contributed by atoms with Crippen LogP contribution in [0, 0.1) is 0 Å². The molecule has 2 atom stereocenters. The summed E-state index contributed by atoms with van der Waals surface area (Å²) < 4.78 is 13.2. The zero-order chi connectivity index (χ0) is 13.8. The number of carbonyl (C=O) groups excluding carboxylic acids is 1. The van der Waals surface area contributed by atoms with Crippen LogP contribution in [0.1, 0.15) is 0 Å². The molecule has 1 aliphatic heterocycles. The van der Waals surface area contributed by atoms with Crippen LogP contribution in [0.3, 0.4) is 0 Å². The second-order valence-corrected chi connectivity index (χ2v) is 3.85. The molecule has 1 aliphatic rings. The van der Waals surface area contributed by atoms with Crippen molar-refractivity contribution in [1.29, 1.82) is 0 Å². The zero-order valence-corrected chi connectivity index (χ0v) is 9.06. The fourth-order valence-electron chi connectivity index (χ4n) is 0.823. The van der Waals surface area contributed by atoms with E-state index in [-0.39, 0.29) is 29.6 Å². The fourth-order valence-corrected chi connectivity index (χ4v) is 0.823. The molecule has 7 N–H and O–H groups in total. The summed E-state index contributed by atoms with van der Waals surface area (Å²) in [5.74, 6) is -2.78. The molecule has 0 amide bonds. The van der Waals surface area contributed by atoms with Gasteiger partial charge >= 0.3 is 43.3 Å². The maximum atomic E-state index is 10.5. The molecule has 1 rings (SSSR count). The molecule has 0 saturated heterocycles. The summed E-state index contributed by atoms with van der Waals surface area (Å²) in [6, 6.07) is 0. The predicted octanol–water partition coefficient (Wildman–Crippen LogP) is -2.98. The number of cyclic esters (lactones) is 1. The third-order valence-corrected chi connectivity index (χ3v) is 1.48. The summed E-state index contributed by atoms with van der Waals surface area (Å²) in [6.07, 6.45) is -2.78. The van der Waals surface area contributed by atoms with Gasteiger partial charge in [0.05, 0.1) is 6.61 Å². The van der Waals surface area contributed by atoms with Crippen molar-refractivity contribution in [2.24, 2.45) is 0 Å². The molecular formula is C6H12NaO10P. The molecule has 0 radical (unpaired) electrons. The van der Waals surface area contributed by atoms with Gasteiger partial charge < -0.3 is 39.8 Å². The van der Waals surface area contributed by atoms with Crippen LogP contribution in [0.15, 0.2) is 11.5 Å². The van der Waals surface area contributed by atoms with Crippen molar-refractivity contribution < 1.29 is 49.2 Å². The van der Waals surface area contributed by atoms with Crippen molar-refractivity contribution in [1.82, 2.24) is 0 Å². The number of rotatable bonds is 2. The van der Waals surface area contributed by atoms with E-state index in [0.717, 1.165) is 0 Å². The Labute approximate surface area is 123 Å². The van der Waals surface area contributed by atoms with E-state index in [4.69, 9.17) is 39.7 Å². The van der Waals surface area contributed by atoms with Gasteiger partial charge in [0.2, 0.25) is 5.76 Å². The molecule has 0 aliphatic carbocycles. The van der Waals surface area contributed by atoms with E-state index in [9.17, 15) is 4.79 Å². The molecule has 0 unspecified atom stereocenters. The number of phosphoric acid groups is 1. The van der Waals surface area contributed by atoms with E-state index in [1.165, 1.54) is 0 Å². The quantitative estimate of drug-likeness (QED) is 0.157. The minimum atomic E-state index is -4.64. The standard InChI is InChI=1S/C6H8O6.Na.H3O4P.H/c7-1-2(8)5-3(9)4(10)6(11)12-5;;1-5(2,3)4;/h2,5,7-10H,1H2;;(H3,1,2,3,4);/t2-,5+;;;/m0.../s1. The Balaban J connectivity index is 0. The summed E-state index contributed by atoms with van der Waals surface area (Å²) in [7, 11) is -4.64. The van der Waals surface area contributed by atoms with Crippen LogP contribution in [0.5, 0.6) is 0 Å². The number of hydrogen-bond donors (Lipinski definition) is 7. The monoisotopic (exact) mass is 298 g/mol. The third-order valence-electron chi connectivity index (χ3n) is 1.48. The molecule has 0 bridgehead atoms. The van der Waals surface area contributed by atoms with Crippen molar-refractivity contribution in [2.45, 2.75) is 12.2 Å². The zero-order valence-electron chi connectivity index (χ0n) is 8.16. The van der Waals surface area contributed by atoms with Gasteiger partial charge in [-0.2, -0.15) is 0 Å². The maximum absolute atomic E-state index is 10.5. The number of ether oxygens (including phenoxy) is 1. The first-order chi connectivity index (χ1) is 7.57. The van der Waals surface area contributed by atoms with Crippen molar-refractivity contribution in [3.63, 3.8) is 0 Å². The predicted molar refractivity (Wildman–Crippen MR) is 56.7 cm³/mol. The van der Waals surface area contributed by atoms with Crippen LogP contribution in [-0.2, 0) is 14.1 Å². The van der Waals surface area contributed by atoms with Gasteiger partial charge in [0.15, 0.2) is 11.9 Å². The molecule has 18 heavy (non-hydrogen) atoms. The number of aliphatic hydroxyl groups is 4. The summed E-state index contributed by atoms with van der Waals surface area (Å²) in [5.41, 5.74) is 0. The van der Waals surface area contributed by atoms with Gasteiger partial charge in [0, 0.05) is 0 Å². The van der Waals surface area contributed by atoms with Gasteiger partial charge in [-0.1, -0.05) is 0 Å². The topological polar surface area (TPSA) is 185 Å². The van der Waals surface area contributed by atoms with Gasteiger partial charge in [-0.15, -0.1) is 0 Å². The van der Waals surface area contributed by atoms with Crippen LogP contribution < -0.4 is 0 Å². The first kappa shape index (κ1) is 20.2. The Morgan fingerprint density at radius 1 is 1.28 bits per heavy atom. The molecule has 0 aromatic carbocycles. The SMILES string of the molecule is O=C1O[C@H]([C@@H](O)CO)C(O)=C1O.O=P(O)(O)O.[NaH]. The molecule has 12 heteroatoms. The normalized spacial score (nSPS) is 20.5. The Morgan fingerprint density at radius 2 is 1.67 bits per heavy atom. The Morgan fingerprint density at radius 3 is 1.89 bits per heavy atom. The van der Waals surface area contributed by atoms with E-state index in [1.807, 2.05) is 0 Å². The van der Waals surface area contributed by atoms with Crippen LogP contribution in [0.2, 0.25) is 0 Å². The summed E-state index contributed by atoms with van der Waals surface area (Å²) in [5, 5.41) is 35.0. The van der Waals surface area contributed by atoms with Gasteiger partial charge in [-0.25, -0.2) is 9.36 Å². The molecular weight excluding hydrogens is 286 g/mol. The van der Waals surface area contributed by atoms with Gasteiger partial charge in [0.25, 0.3) is 0 Å². The second-order valence-electron chi connectivity index (χ2n) is 2.82. The fraction of sp³-hybridized carbons (Fsp3) is 0.500. The van der Waals surface area contributed by atoms with Gasteiger partial charge in [0.1, 0.15) is 6.10 Å². The van der Waals surface area contributed by atoms with Crippen molar-refractivity contribution in [3.8, 4) is 0 Å². The molecule has 0 spiro atoms. The second kappa shape index (κ2) is 8.10. The molecule has 0 saturated carbocycles. The van der Waals surface area contributed by atoms with Crippen molar-refractivity contribution >= 4 is 43.3 Å². The number of carbonyl (C=O) groups is 1. The number of aliphatic hydroxyl groups excluding tert-OH is 4. The summed E-state index contributed by atoms with van der Waals surface area (Å²) in [6.45, 7) is -0.671. The molecule has 0 aromatic rings. The Bertz CT molecular complexity index is 353. The van der Waals surface area contributed by atoms with Crippen LogP contribution in [0.25, 0.3) is 0 Å². The minimum absolute atomic E-state index is 0. The summed E-state index contributed by atoms with van der Waals surface area (Å²) >= 11 is 0. The van der Waals surface area contributed by atoms with E-state index in [0.29, 0.717) is 0 Å². The van der Waals surface area contributed by atoms with E-state index in [2.05, 4.69) is 4.74 Å². The average molecular weight is 298 g/mol. The molecule has 0 aromatic heterocycles. The molecule has 0 fully saturated rings. The Kier molecular flexibility index (Phi) is 9.07. The number of hydrogen-bond acceptors (Lipinski definition) is 7. The first-order valence-electron chi connectivity index (χ1n) is 3.98. The van der Waals surface area contributed by atoms with E-state index >= 15 is 0 Å². The van der Waals surface area contributed by atoms with Crippen LogP contribution in [-0.4, -0.2) is 89.4 Å². The summed E-state index contributed by atoms with van der Waals surface area (Å²) in [4.78, 5) is 32.1. The van der Waals surface area contributed by atoms with Crippen molar-refractivity contribution in [2.75, 3.05) is 6.61 Å². The third kappa shape index (κ3) is 7.31. The van der Waals surface area contributed by atoms with Crippen molar-refractivity contribution in [3.05, 3.63) is 11.5 Å². The Hall–Kier alpha value is -0.160. The molecule has 10 nitrogen and oxygen atoms in total. The first-order valence-corrected chi connectivity index (χ1v) is 5.54. The average Bonchev–Trinajstić information content (AvgIpc) is 2.42. The van der Waals surface area contributed by atoms with Gasteiger partial charge in [-0.3, -0.25) is 0 Å². The van der Waals surface area contributed by atoms with Crippen LogP contribution in [0.4, 0.5) is 0 Å². The van der Waals surface area contributed by atoms with Crippen LogP contribution >= 0.6 is 7.82 Å². The molecule has 102 valence electrons. The van der Waals surface area contributed by atoms with E-state index in [1.54, 1.807) is 0 Å². The molecule has 1 heterocycles. The van der Waals surface area contributed by atoms with Gasteiger partial charge in [-0.05, 0) is 0 Å². The van der Waals surface area contributed by atoms with E-state index < -0.39 is 44.1 Å². The number of esters is 1.